The van der Waals surface area contributed by atoms with Crippen molar-refractivity contribution in [3.8, 4) is 0 Å². The van der Waals surface area contributed by atoms with Crippen molar-refractivity contribution >= 4 is 21.7 Å². The van der Waals surface area contributed by atoms with Crippen LogP contribution in [0.1, 0.15) is 34.3 Å². The van der Waals surface area contributed by atoms with Crippen LogP contribution in [0.25, 0.3) is 0 Å². The van der Waals surface area contributed by atoms with Gasteiger partial charge in [-0.3, -0.25) is 4.79 Å². The van der Waals surface area contributed by atoms with E-state index in [9.17, 15) is 9.18 Å². The largest absolute Gasteiger partial charge is 0.349 e. The molecule has 0 radical (unpaired) electrons. The van der Waals surface area contributed by atoms with Gasteiger partial charge < -0.3 is 4.57 Å². The van der Waals surface area contributed by atoms with Gasteiger partial charge in [-0.2, -0.15) is 0 Å². The number of hydrogen-bond acceptors (Lipinski definition) is 1. The van der Waals surface area contributed by atoms with Gasteiger partial charge in [-0.15, -0.1) is 0 Å². The molecule has 1 aromatic carbocycles. The van der Waals surface area contributed by atoms with Gasteiger partial charge in [0.05, 0.1) is 0 Å². The standard InChI is InChI=1S/C15H13BrFNO/c16-12-4-5-14(17)11(6-12)8-18-7-10-2-1-3-15(19)13(10)9-18/h4-7,9H,1-3,8H2. The summed E-state index contributed by atoms with van der Waals surface area (Å²) in [6.07, 6.45) is 6.29. The Labute approximate surface area is 119 Å². The predicted octanol–water partition coefficient (Wildman–Crippen LogP) is 3.96. The number of carbonyl (C=O) groups excluding carboxylic acids is 1. The lowest BCUT2D eigenvalue weighted by molar-refractivity contribution is 0.0973. The van der Waals surface area contributed by atoms with Crippen LogP contribution in [0.5, 0.6) is 0 Å². The molecule has 2 aromatic rings. The maximum atomic E-state index is 13.7. The average molecular weight is 322 g/mol. The molecule has 0 N–H and O–H groups in total. The normalized spacial score (nSPS) is 14.5. The summed E-state index contributed by atoms with van der Waals surface area (Å²) in [4.78, 5) is 11.8. The van der Waals surface area contributed by atoms with E-state index in [-0.39, 0.29) is 11.6 Å². The quantitative estimate of drug-likeness (QED) is 0.820. The molecule has 1 aromatic heterocycles. The van der Waals surface area contributed by atoms with Crippen molar-refractivity contribution in [1.29, 1.82) is 0 Å². The number of hydrogen-bond donors (Lipinski definition) is 0. The Hall–Kier alpha value is -1.42. The van der Waals surface area contributed by atoms with Crippen LogP contribution in [0, 0.1) is 5.82 Å². The van der Waals surface area contributed by atoms with Crippen molar-refractivity contribution in [1.82, 2.24) is 4.57 Å². The maximum Gasteiger partial charge on any atom is 0.164 e. The molecule has 0 unspecified atom stereocenters. The molecule has 0 aliphatic heterocycles. The number of Topliss-reactive ketones (excluding diaryl/α,β-unsaturated/α-hetero) is 1. The van der Waals surface area contributed by atoms with E-state index in [1.165, 1.54) is 6.07 Å². The summed E-state index contributed by atoms with van der Waals surface area (Å²) in [5, 5.41) is 0. The Morgan fingerprint density at radius 1 is 1.26 bits per heavy atom. The number of benzene rings is 1. The molecule has 1 aliphatic rings. The molecule has 19 heavy (non-hydrogen) atoms. The highest BCUT2D eigenvalue weighted by Crippen LogP contribution is 2.23. The summed E-state index contributed by atoms with van der Waals surface area (Å²) in [5.74, 6) is -0.0177. The first-order valence-corrected chi connectivity index (χ1v) is 7.08. The lowest BCUT2D eigenvalue weighted by Gasteiger charge is -2.07. The Morgan fingerprint density at radius 2 is 2.11 bits per heavy atom. The van der Waals surface area contributed by atoms with Crippen LogP contribution in [-0.4, -0.2) is 10.4 Å². The molecule has 0 spiro atoms. The molecule has 1 aliphatic carbocycles. The zero-order chi connectivity index (χ0) is 13.4. The first-order chi connectivity index (χ1) is 9.13. The zero-order valence-electron chi connectivity index (χ0n) is 10.3. The van der Waals surface area contributed by atoms with Crippen LogP contribution in [-0.2, 0) is 13.0 Å². The van der Waals surface area contributed by atoms with Crippen LogP contribution < -0.4 is 0 Å². The van der Waals surface area contributed by atoms with E-state index >= 15 is 0 Å². The van der Waals surface area contributed by atoms with Gasteiger partial charge >= 0.3 is 0 Å². The Bertz CT molecular complexity index is 648. The van der Waals surface area contributed by atoms with E-state index in [1.54, 1.807) is 12.1 Å². The summed E-state index contributed by atoms with van der Waals surface area (Å²) in [6, 6.07) is 4.91. The number of aromatic nitrogens is 1. The van der Waals surface area contributed by atoms with E-state index < -0.39 is 0 Å². The molecule has 98 valence electrons. The number of halogens is 2. The summed E-state index contributed by atoms with van der Waals surface area (Å²) >= 11 is 3.35. The topological polar surface area (TPSA) is 22.0 Å². The Balaban J connectivity index is 1.92. The molecule has 0 fully saturated rings. The highest BCUT2D eigenvalue weighted by molar-refractivity contribution is 9.10. The molecular weight excluding hydrogens is 309 g/mol. The fourth-order valence-electron chi connectivity index (χ4n) is 2.53. The second-order valence-electron chi connectivity index (χ2n) is 4.88. The van der Waals surface area contributed by atoms with E-state index in [2.05, 4.69) is 15.9 Å². The van der Waals surface area contributed by atoms with Gasteiger partial charge in [0.1, 0.15) is 5.82 Å². The monoisotopic (exact) mass is 321 g/mol. The summed E-state index contributed by atoms with van der Waals surface area (Å²) in [7, 11) is 0. The SMILES string of the molecule is O=C1CCCc2cn(Cc3cc(Br)ccc3F)cc21. The molecule has 2 nitrogen and oxygen atoms in total. The molecule has 4 heteroatoms. The van der Waals surface area contributed by atoms with Gasteiger partial charge in [0, 0.05) is 41.0 Å². The van der Waals surface area contributed by atoms with E-state index in [4.69, 9.17) is 0 Å². The van der Waals surface area contributed by atoms with Crippen molar-refractivity contribution in [2.75, 3.05) is 0 Å². The number of carbonyl (C=O) groups is 1. The van der Waals surface area contributed by atoms with Crippen molar-refractivity contribution in [3.05, 3.63) is 57.6 Å². The van der Waals surface area contributed by atoms with Crippen LogP contribution in [0.4, 0.5) is 4.39 Å². The highest BCUT2D eigenvalue weighted by atomic mass is 79.9. The number of rotatable bonds is 2. The molecule has 0 bridgehead atoms. The predicted molar refractivity (Wildman–Crippen MR) is 74.9 cm³/mol. The summed E-state index contributed by atoms with van der Waals surface area (Å²) in [6.45, 7) is 0.450. The second kappa shape index (κ2) is 4.93. The first-order valence-electron chi connectivity index (χ1n) is 6.29. The molecule has 0 saturated heterocycles. The fourth-order valence-corrected chi connectivity index (χ4v) is 2.94. The van der Waals surface area contributed by atoms with Gasteiger partial charge in [0.2, 0.25) is 0 Å². The maximum absolute atomic E-state index is 13.7. The molecule has 3 rings (SSSR count). The number of fused-ring (bicyclic) bond motifs is 1. The minimum Gasteiger partial charge on any atom is -0.349 e. The number of nitrogens with zero attached hydrogens (tertiary/aromatic N) is 1. The van der Waals surface area contributed by atoms with E-state index in [1.807, 2.05) is 17.0 Å². The van der Waals surface area contributed by atoms with Gasteiger partial charge in [-0.25, -0.2) is 4.39 Å². The van der Waals surface area contributed by atoms with Gasteiger partial charge in [-0.1, -0.05) is 15.9 Å². The molecular formula is C15H13BrFNO. The highest BCUT2D eigenvalue weighted by Gasteiger charge is 2.19. The van der Waals surface area contributed by atoms with Gasteiger partial charge in [-0.05, 0) is 36.6 Å². The van der Waals surface area contributed by atoms with E-state index in [0.717, 1.165) is 28.4 Å². The Kier molecular flexibility index (Phi) is 3.27. The van der Waals surface area contributed by atoms with Crippen LogP contribution >= 0.6 is 15.9 Å². The minimum atomic E-state index is -0.221. The van der Waals surface area contributed by atoms with Gasteiger partial charge in [0.15, 0.2) is 5.78 Å². The molecule has 0 saturated carbocycles. The van der Waals surface area contributed by atoms with Crippen LogP contribution in [0.3, 0.4) is 0 Å². The Morgan fingerprint density at radius 3 is 2.89 bits per heavy atom. The van der Waals surface area contributed by atoms with Crippen molar-refractivity contribution in [2.45, 2.75) is 25.8 Å². The minimum absolute atomic E-state index is 0.203. The van der Waals surface area contributed by atoms with Crippen molar-refractivity contribution < 1.29 is 9.18 Å². The third-order valence-corrected chi connectivity index (χ3v) is 3.97. The molecule has 0 atom stereocenters. The van der Waals surface area contributed by atoms with Crippen molar-refractivity contribution in [2.24, 2.45) is 0 Å². The number of ketones is 1. The van der Waals surface area contributed by atoms with Gasteiger partial charge in [0.25, 0.3) is 0 Å². The number of aryl methyl sites for hydroxylation is 1. The first kappa shape index (κ1) is 12.6. The third kappa shape index (κ3) is 2.50. The van der Waals surface area contributed by atoms with Crippen LogP contribution in [0.2, 0.25) is 0 Å². The third-order valence-electron chi connectivity index (χ3n) is 3.47. The zero-order valence-corrected chi connectivity index (χ0v) is 11.9. The van der Waals surface area contributed by atoms with E-state index in [0.29, 0.717) is 18.5 Å². The smallest absolute Gasteiger partial charge is 0.164 e. The van der Waals surface area contributed by atoms with Crippen molar-refractivity contribution in [3.63, 3.8) is 0 Å². The fraction of sp³-hybridized carbons (Fsp3) is 0.267. The lowest BCUT2D eigenvalue weighted by Crippen LogP contribution is -2.07. The summed E-state index contributed by atoms with van der Waals surface area (Å²) in [5.41, 5.74) is 2.52. The lowest BCUT2D eigenvalue weighted by atomic mass is 9.95. The molecule has 1 heterocycles. The molecule has 0 amide bonds. The average Bonchev–Trinajstić information content (AvgIpc) is 2.78. The van der Waals surface area contributed by atoms with Crippen LogP contribution in [0.15, 0.2) is 35.1 Å². The second-order valence-corrected chi connectivity index (χ2v) is 5.80. The summed E-state index contributed by atoms with van der Waals surface area (Å²) < 4.78 is 16.5.